The molecule has 0 fully saturated rings. The van der Waals surface area contributed by atoms with Crippen molar-refractivity contribution in [2.24, 2.45) is 0 Å². The first-order chi connectivity index (χ1) is 13.6. The van der Waals surface area contributed by atoms with Gasteiger partial charge in [-0.1, -0.05) is 18.2 Å². The molecule has 0 saturated carbocycles. The summed E-state index contributed by atoms with van der Waals surface area (Å²) in [6.07, 6.45) is 1.38. The molecule has 0 atom stereocenters. The van der Waals surface area contributed by atoms with Gasteiger partial charge in [0.05, 0.1) is 26.2 Å². The largest absolute Gasteiger partial charge is 0.497 e. The number of rotatable bonds is 7. The molecule has 144 valence electrons. The number of benzene rings is 2. The van der Waals surface area contributed by atoms with Crippen LogP contribution in [0.3, 0.4) is 0 Å². The lowest BCUT2D eigenvalue weighted by atomic mass is 10.1. The van der Waals surface area contributed by atoms with E-state index in [9.17, 15) is 9.59 Å². The summed E-state index contributed by atoms with van der Waals surface area (Å²) in [4.78, 5) is 28.8. The Morgan fingerprint density at radius 3 is 2.50 bits per heavy atom. The van der Waals surface area contributed by atoms with Crippen LogP contribution in [0.25, 0.3) is 11.3 Å². The van der Waals surface area contributed by atoms with Crippen LogP contribution in [-0.2, 0) is 17.9 Å². The van der Waals surface area contributed by atoms with Crippen molar-refractivity contribution < 1.29 is 14.3 Å². The average Bonchev–Trinajstić information content (AvgIpc) is 2.74. The molecule has 0 aliphatic rings. The summed E-state index contributed by atoms with van der Waals surface area (Å²) in [5.41, 5.74) is 1.90. The molecule has 0 aliphatic heterocycles. The summed E-state index contributed by atoms with van der Waals surface area (Å²) in [6.45, 7) is 0.207. The van der Waals surface area contributed by atoms with Crippen molar-refractivity contribution in [3.63, 3.8) is 0 Å². The van der Waals surface area contributed by atoms with Gasteiger partial charge in [-0.25, -0.2) is 4.98 Å². The fourth-order valence-corrected chi connectivity index (χ4v) is 2.72. The first-order valence-electron chi connectivity index (χ1n) is 8.70. The predicted octanol–water partition coefficient (Wildman–Crippen LogP) is 2.24. The third-order valence-corrected chi connectivity index (χ3v) is 4.25. The van der Waals surface area contributed by atoms with Crippen LogP contribution in [-0.4, -0.2) is 29.7 Å². The van der Waals surface area contributed by atoms with Crippen molar-refractivity contribution in [3.05, 3.63) is 76.8 Å². The Morgan fingerprint density at radius 1 is 1.07 bits per heavy atom. The minimum absolute atomic E-state index is 0.107. The molecule has 3 aromatic rings. The van der Waals surface area contributed by atoms with Crippen molar-refractivity contribution in [1.29, 1.82) is 0 Å². The lowest BCUT2D eigenvalue weighted by Gasteiger charge is -2.10. The van der Waals surface area contributed by atoms with Gasteiger partial charge in [-0.15, -0.1) is 0 Å². The van der Waals surface area contributed by atoms with Crippen LogP contribution in [0.1, 0.15) is 5.56 Å². The molecule has 0 aliphatic carbocycles. The monoisotopic (exact) mass is 379 g/mol. The predicted molar refractivity (Wildman–Crippen MR) is 105 cm³/mol. The lowest BCUT2D eigenvalue weighted by molar-refractivity contribution is -0.121. The SMILES string of the molecule is COc1ccc(-c2cc(=O)n(CC(=O)NCc3ccccc3OC)cn2)cc1. The molecule has 0 radical (unpaired) electrons. The first kappa shape index (κ1) is 19.2. The average molecular weight is 379 g/mol. The Balaban J connectivity index is 1.65. The van der Waals surface area contributed by atoms with E-state index < -0.39 is 0 Å². The molecular weight excluding hydrogens is 358 g/mol. The number of carbonyl (C=O) groups is 1. The molecule has 1 N–H and O–H groups in total. The smallest absolute Gasteiger partial charge is 0.254 e. The van der Waals surface area contributed by atoms with Gasteiger partial charge in [0.15, 0.2) is 0 Å². The van der Waals surface area contributed by atoms with E-state index in [1.807, 2.05) is 36.4 Å². The van der Waals surface area contributed by atoms with E-state index in [0.717, 1.165) is 16.9 Å². The Labute approximate surface area is 162 Å². The number of methoxy groups -OCH3 is 2. The number of para-hydroxylation sites is 1. The lowest BCUT2D eigenvalue weighted by Crippen LogP contribution is -2.32. The zero-order chi connectivity index (χ0) is 19.9. The van der Waals surface area contributed by atoms with Gasteiger partial charge < -0.3 is 14.8 Å². The number of hydrogen-bond acceptors (Lipinski definition) is 5. The van der Waals surface area contributed by atoms with Gasteiger partial charge in [-0.05, 0) is 30.3 Å². The second-order valence-electron chi connectivity index (χ2n) is 6.06. The molecule has 7 nitrogen and oxygen atoms in total. The number of nitrogens with one attached hydrogen (secondary N) is 1. The zero-order valence-electron chi connectivity index (χ0n) is 15.7. The molecular formula is C21H21N3O4. The molecule has 0 unspecified atom stereocenters. The minimum atomic E-state index is -0.298. The van der Waals surface area contributed by atoms with Crippen molar-refractivity contribution >= 4 is 5.91 Å². The van der Waals surface area contributed by atoms with Crippen molar-refractivity contribution in [3.8, 4) is 22.8 Å². The molecule has 28 heavy (non-hydrogen) atoms. The Hall–Kier alpha value is -3.61. The van der Waals surface area contributed by atoms with Crippen molar-refractivity contribution in [2.75, 3.05) is 14.2 Å². The maximum Gasteiger partial charge on any atom is 0.254 e. The van der Waals surface area contributed by atoms with Gasteiger partial charge in [0, 0.05) is 23.7 Å². The Kier molecular flexibility index (Phi) is 6.06. The highest BCUT2D eigenvalue weighted by Gasteiger charge is 2.09. The number of hydrogen-bond donors (Lipinski definition) is 1. The molecule has 2 aromatic carbocycles. The third kappa shape index (κ3) is 4.56. The molecule has 1 amide bonds. The van der Waals surface area contributed by atoms with Crippen LogP contribution >= 0.6 is 0 Å². The van der Waals surface area contributed by atoms with Gasteiger partial charge in [0.1, 0.15) is 18.0 Å². The van der Waals surface area contributed by atoms with Crippen LogP contribution in [0.5, 0.6) is 11.5 Å². The van der Waals surface area contributed by atoms with E-state index in [4.69, 9.17) is 9.47 Å². The van der Waals surface area contributed by atoms with E-state index in [-0.39, 0.29) is 18.0 Å². The standard InChI is InChI=1S/C21H21N3O4/c1-27-17-9-7-15(8-10-17)18-11-21(26)24(14-23-18)13-20(25)22-12-16-5-3-4-6-19(16)28-2/h3-11,14H,12-13H2,1-2H3,(H,22,25). The van der Waals surface area contributed by atoms with Crippen LogP contribution in [0.4, 0.5) is 0 Å². The summed E-state index contributed by atoms with van der Waals surface area (Å²) in [5, 5.41) is 2.79. The number of amides is 1. The Morgan fingerprint density at radius 2 is 1.82 bits per heavy atom. The van der Waals surface area contributed by atoms with Crippen molar-refractivity contribution in [1.82, 2.24) is 14.9 Å². The molecule has 1 aromatic heterocycles. The second-order valence-corrected chi connectivity index (χ2v) is 6.06. The zero-order valence-corrected chi connectivity index (χ0v) is 15.7. The summed E-state index contributed by atoms with van der Waals surface area (Å²) >= 11 is 0. The quantitative estimate of drug-likeness (QED) is 0.681. The molecule has 1 heterocycles. The topological polar surface area (TPSA) is 82.5 Å². The molecule has 3 rings (SSSR count). The highest BCUT2D eigenvalue weighted by atomic mass is 16.5. The highest BCUT2D eigenvalue weighted by molar-refractivity contribution is 5.75. The summed E-state index contributed by atoms with van der Waals surface area (Å²) in [5.74, 6) is 1.14. The second kappa shape index (κ2) is 8.85. The van der Waals surface area contributed by atoms with Crippen LogP contribution in [0.15, 0.2) is 65.7 Å². The summed E-state index contributed by atoms with van der Waals surface area (Å²) in [7, 11) is 3.17. The Bertz CT molecular complexity index is 1010. The summed E-state index contributed by atoms with van der Waals surface area (Å²) < 4.78 is 11.7. The van der Waals surface area contributed by atoms with Gasteiger partial charge in [0.25, 0.3) is 5.56 Å². The number of aromatic nitrogens is 2. The van der Waals surface area contributed by atoms with Gasteiger partial charge in [-0.3, -0.25) is 14.2 Å². The number of nitrogens with zero attached hydrogens (tertiary/aromatic N) is 2. The van der Waals surface area contributed by atoms with Gasteiger partial charge in [-0.2, -0.15) is 0 Å². The molecule has 0 spiro atoms. The van der Waals surface area contributed by atoms with E-state index >= 15 is 0 Å². The highest BCUT2D eigenvalue weighted by Crippen LogP contribution is 2.19. The fourth-order valence-electron chi connectivity index (χ4n) is 2.72. The normalized spacial score (nSPS) is 10.4. The maximum absolute atomic E-state index is 12.3. The molecule has 7 heteroatoms. The number of ether oxygens (including phenoxy) is 2. The fraction of sp³-hybridized carbons (Fsp3) is 0.190. The third-order valence-electron chi connectivity index (χ3n) is 4.25. The molecule has 0 bridgehead atoms. The number of carbonyl (C=O) groups excluding carboxylic acids is 1. The van der Waals surface area contributed by atoms with E-state index in [2.05, 4.69) is 10.3 Å². The van der Waals surface area contributed by atoms with Crippen LogP contribution in [0.2, 0.25) is 0 Å². The molecule has 0 saturated heterocycles. The van der Waals surface area contributed by atoms with E-state index in [0.29, 0.717) is 18.0 Å². The van der Waals surface area contributed by atoms with Gasteiger partial charge >= 0.3 is 0 Å². The van der Waals surface area contributed by atoms with Crippen LogP contribution < -0.4 is 20.3 Å². The van der Waals surface area contributed by atoms with Crippen molar-refractivity contribution in [2.45, 2.75) is 13.1 Å². The van der Waals surface area contributed by atoms with Gasteiger partial charge in [0.2, 0.25) is 5.91 Å². The summed E-state index contributed by atoms with van der Waals surface area (Å²) in [6, 6.07) is 16.1. The van der Waals surface area contributed by atoms with Crippen LogP contribution in [0, 0.1) is 0 Å². The maximum atomic E-state index is 12.3. The minimum Gasteiger partial charge on any atom is -0.497 e. The van der Waals surface area contributed by atoms with E-state index in [1.54, 1.807) is 26.4 Å². The first-order valence-corrected chi connectivity index (χ1v) is 8.70. The van der Waals surface area contributed by atoms with E-state index in [1.165, 1.54) is 17.0 Å².